The smallest absolute Gasteiger partial charge is 0.312 e. The van der Waals surface area contributed by atoms with Gasteiger partial charge in [0, 0.05) is 19.2 Å². The molecule has 0 bridgehead atoms. The summed E-state index contributed by atoms with van der Waals surface area (Å²) in [5.41, 5.74) is 0.555. The van der Waals surface area contributed by atoms with Crippen LogP contribution < -0.4 is 4.90 Å². The normalized spacial score (nSPS) is 15.6. The highest BCUT2D eigenvalue weighted by atomic mass is 19.4. The summed E-state index contributed by atoms with van der Waals surface area (Å²) < 4.78 is 37.6. The average molecular weight is 243 g/mol. The Bertz CT molecular complexity index is 454. The van der Waals surface area contributed by atoms with Crippen molar-refractivity contribution in [3.05, 3.63) is 29.3 Å². The van der Waals surface area contributed by atoms with Gasteiger partial charge >= 0.3 is 6.18 Å². The van der Waals surface area contributed by atoms with Gasteiger partial charge in [-0.05, 0) is 36.6 Å². The number of alkyl halides is 3. The lowest BCUT2D eigenvalue weighted by atomic mass is 9.99. The summed E-state index contributed by atoms with van der Waals surface area (Å²) in [6.07, 6.45) is -3.04. The van der Waals surface area contributed by atoms with Crippen LogP contribution in [0.4, 0.5) is 18.9 Å². The molecule has 0 aromatic heterocycles. The number of benzene rings is 1. The maximum absolute atomic E-state index is 12.5. The molecule has 0 radical (unpaired) electrons. The largest absolute Gasteiger partial charge is 0.416 e. The number of amides is 1. The van der Waals surface area contributed by atoms with Crippen LogP contribution in [-0.2, 0) is 17.4 Å². The maximum Gasteiger partial charge on any atom is 0.416 e. The van der Waals surface area contributed by atoms with Crippen LogP contribution in [0.5, 0.6) is 0 Å². The predicted molar refractivity (Wildman–Crippen MR) is 57.8 cm³/mol. The summed E-state index contributed by atoms with van der Waals surface area (Å²) in [4.78, 5) is 12.9. The van der Waals surface area contributed by atoms with Crippen LogP contribution >= 0.6 is 0 Å². The molecule has 17 heavy (non-hydrogen) atoms. The van der Waals surface area contributed by atoms with Crippen molar-refractivity contribution < 1.29 is 18.0 Å². The molecule has 0 atom stereocenters. The molecule has 0 saturated carbocycles. The van der Waals surface area contributed by atoms with Crippen LogP contribution in [-0.4, -0.2) is 12.5 Å². The number of aryl methyl sites for hydroxylation is 1. The Balaban J connectivity index is 2.43. The van der Waals surface area contributed by atoms with E-state index >= 15 is 0 Å². The Morgan fingerprint density at radius 3 is 2.65 bits per heavy atom. The second kappa shape index (κ2) is 4.05. The lowest BCUT2D eigenvalue weighted by molar-refractivity contribution is -0.137. The number of fused-ring (bicyclic) bond motifs is 1. The molecule has 0 aliphatic carbocycles. The van der Waals surface area contributed by atoms with Crippen LogP contribution in [0.3, 0.4) is 0 Å². The van der Waals surface area contributed by atoms with E-state index in [-0.39, 0.29) is 5.91 Å². The van der Waals surface area contributed by atoms with Gasteiger partial charge in [0.15, 0.2) is 0 Å². The van der Waals surface area contributed by atoms with Gasteiger partial charge in [0.2, 0.25) is 5.91 Å². The molecule has 2 rings (SSSR count). The Morgan fingerprint density at radius 2 is 2.06 bits per heavy atom. The summed E-state index contributed by atoms with van der Waals surface area (Å²) >= 11 is 0. The monoisotopic (exact) mass is 243 g/mol. The van der Waals surface area contributed by atoms with Crippen molar-refractivity contribution in [2.75, 3.05) is 11.4 Å². The second-order valence-corrected chi connectivity index (χ2v) is 4.12. The number of nitrogens with zero attached hydrogens (tertiary/aromatic N) is 1. The van der Waals surface area contributed by atoms with E-state index in [1.165, 1.54) is 17.9 Å². The second-order valence-electron chi connectivity index (χ2n) is 4.12. The highest BCUT2D eigenvalue weighted by Gasteiger charge is 2.32. The molecular formula is C12H12F3NO. The zero-order valence-corrected chi connectivity index (χ0v) is 9.34. The molecule has 0 fully saturated rings. The third-order valence-electron chi connectivity index (χ3n) is 2.91. The van der Waals surface area contributed by atoms with E-state index in [1.807, 2.05) is 0 Å². The molecule has 1 aliphatic heterocycles. The average Bonchev–Trinajstić information content (AvgIpc) is 2.26. The minimum Gasteiger partial charge on any atom is -0.312 e. The standard InChI is InChI=1S/C12H12F3NO/c1-8(17)16-6-2-3-9-7-10(12(13,14)15)4-5-11(9)16/h4-5,7H,2-3,6H2,1H3. The number of halogens is 3. The summed E-state index contributed by atoms with van der Waals surface area (Å²) in [6.45, 7) is 2.00. The van der Waals surface area contributed by atoms with Gasteiger partial charge in [-0.3, -0.25) is 4.79 Å². The maximum atomic E-state index is 12.5. The third-order valence-corrected chi connectivity index (χ3v) is 2.91. The Hall–Kier alpha value is -1.52. The molecule has 0 spiro atoms. The molecule has 1 amide bonds. The molecular weight excluding hydrogens is 231 g/mol. The van der Waals surface area contributed by atoms with E-state index in [4.69, 9.17) is 0 Å². The molecule has 5 heteroatoms. The van der Waals surface area contributed by atoms with Crippen molar-refractivity contribution in [2.45, 2.75) is 25.9 Å². The van der Waals surface area contributed by atoms with Gasteiger partial charge in [0.1, 0.15) is 0 Å². The van der Waals surface area contributed by atoms with Crippen LogP contribution in [0.15, 0.2) is 18.2 Å². The fourth-order valence-electron chi connectivity index (χ4n) is 2.10. The molecule has 2 nitrogen and oxygen atoms in total. The van der Waals surface area contributed by atoms with E-state index in [2.05, 4.69) is 0 Å². The zero-order valence-electron chi connectivity index (χ0n) is 9.34. The summed E-state index contributed by atoms with van der Waals surface area (Å²) in [7, 11) is 0. The first-order chi connectivity index (χ1) is 7.89. The quantitative estimate of drug-likeness (QED) is 0.686. The van der Waals surface area contributed by atoms with E-state index in [0.29, 0.717) is 30.6 Å². The van der Waals surface area contributed by atoms with Gasteiger partial charge < -0.3 is 4.90 Å². The number of carbonyl (C=O) groups excluding carboxylic acids is 1. The molecule has 1 heterocycles. The number of carbonyl (C=O) groups is 1. The first-order valence-electron chi connectivity index (χ1n) is 5.38. The van der Waals surface area contributed by atoms with Crippen LogP contribution in [0.1, 0.15) is 24.5 Å². The molecule has 92 valence electrons. The predicted octanol–water partition coefficient (Wildman–Crippen LogP) is 3.00. The van der Waals surface area contributed by atoms with Crippen molar-refractivity contribution in [3.63, 3.8) is 0 Å². The number of hydrogen-bond donors (Lipinski definition) is 0. The van der Waals surface area contributed by atoms with E-state index in [9.17, 15) is 18.0 Å². The SMILES string of the molecule is CC(=O)N1CCCc2cc(C(F)(F)F)ccc21. The summed E-state index contributed by atoms with van der Waals surface area (Å²) in [6, 6.07) is 3.56. The number of rotatable bonds is 0. The molecule has 0 saturated heterocycles. The van der Waals surface area contributed by atoms with Crippen molar-refractivity contribution in [2.24, 2.45) is 0 Å². The molecule has 0 N–H and O–H groups in total. The minimum absolute atomic E-state index is 0.134. The number of hydrogen-bond acceptors (Lipinski definition) is 1. The Morgan fingerprint density at radius 1 is 1.35 bits per heavy atom. The lowest BCUT2D eigenvalue weighted by Crippen LogP contribution is -2.33. The highest BCUT2D eigenvalue weighted by molar-refractivity contribution is 5.92. The summed E-state index contributed by atoms with van der Waals surface area (Å²) in [5, 5.41) is 0. The lowest BCUT2D eigenvalue weighted by Gasteiger charge is -2.29. The number of anilines is 1. The fraction of sp³-hybridized carbons (Fsp3) is 0.417. The molecule has 1 aromatic carbocycles. The van der Waals surface area contributed by atoms with Crippen molar-refractivity contribution in [1.29, 1.82) is 0 Å². The van der Waals surface area contributed by atoms with Crippen LogP contribution in [0.25, 0.3) is 0 Å². The van der Waals surface area contributed by atoms with Gasteiger partial charge in [-0.15, -0.1) is 0 Å². The van der Waals surface area contributed by atoms with Crippen molar-refractivity contribution in [1.82, 2.24) is 0 Å². The van der Waals surface area contributed by atoms with Crippen molar-refractivity contribution >= 4 is 11.6 Å². The van der Waals surface area contributed by atoms with Gasteiger partial charge in [0.05, 0.1) is 5.56 Å². The van der Waals surface area contributed by atoms with Gasteiger partial charge in [0.25, 0.3) is 0 Å². The van der Waals surface area contributed by atoms with Crippen LogP contribution in [0, 0.1) is 0 Å². The molecule has 0 unspecified atom stereocenters. The molecule has 1 aromatic rings. The van der Waals surface area contributed by atoms with Crippen molar-refractivity contribution in [3.8, 4) is 0 Å². The molecule has 1 aliphatic rings. The first-order valence-corrected chi connectivity index (χ1v) is 5.38. The third kappa shape index (κ3) is 2.28. The minimum atomic E-state index is -4.33. The highest BCUT2D eigenvalue weighted by Crippen LogP contribution is 2.35. The van der Waals surface area contributed by atoms with E-state index in [0.717, 1.165) is 12.1 Å². The van der Waals surface area contributed by atoms with E-state index in [1.54, 1.807) is 0 Å². The van der Waals surface area contributed by atoms with E-state index < -0.39 is 11.7 Å². The topological polar surface area (TPSA) is 20.3 Å². The van der Waals surface area contributed by atoms with Gasteiger partial charge in [-0.25, -0.2) is 0 Å². The van der Waals surface area contributed by atoms with Crippen LogP contribution in [0.2, 0.25) is 0 Å². The Kier molecular flexibility index (Phi) is 2.85. The fourth-order valence-corrected chi connectivity index (χ4v) is 2.10. The zero-order chi connectivity index (χ0) is 12.6. The summed E-state index contributed by atoms with van der Waals surface area (Å²) in [5.74, 6) is -0.134. The van der Waals surface area contributed by atoms with Gasteiger partial charge in [-0.2, -0.15) is 13.2 Å². The Labute approximate surface area is 97.0 Å². The first kappa shape index (κ1) is 12.0. The van der Waals surface area contributed by atoms with Gasteiger partial charge in [-0.1, -0.05) is 0 Å².